The van der Waals surface area contributed by atoms with Crippen LogP contribution in [0.5, 0.6) is 5.88 Å². The molecule has 6 nitrogen and oxygen atoms in total. The summed E-state index contributed by atoms with van der Waals surface area (Å²) in [5.74, 6) is -0.502. The number of hydrogen-bond donors (Lipinski definition) is 0. The highest BCUT2D eigenvalue weighted by molar-refractivity contribution is 9.10. The minimum atomic E-state index is -0.502. The molecule has 0 saturated heterocycles. The molecule has 0 spiro atoms. The van der Waals surface area contributed by atoms with Crippen molar-refractivity contribution < 1.29 is 5.11 Å². The van der Waals surface area contributed by atoms with Crippen LogP contribution in [0.15, 0.2) is 16.9 Å². The number of fused-ring (bicyclic) bond motifs is 1. The predicted octanol–water partition coefficient (Wildman–Crippen LogP) is 1.05. The van der Waals surface area contributed by atoms with E-state index in [0.29, 0.717) is 10.1 Å². The average molecular weight is 240 g/mol. The Morgan fingerprint density at radius 1 is 1.54 bits per heavy atom. The molecule has 2 aromatic rings. The number of hydrogen-bond acceptors (Lipinski definition) is 4. The molecule has 2 rings (SSSR count). The van der Waals surface area contributed by atoms with Crippen molar-refractivity contribution in [1.82, 2.24) is 14.6 Å². The van der Waals surface area contributed by atoms with Crippen LogP contribution in [0.3, 0.4) is 0 Å². The first-order valence-electron chi connectivity index (χ1n) is 3.28. The van der Waals surface area contributed by atoms with Gasteiger partial charge in [-0.15, -0.1) is 0 Å². The van der Waals surface area contributed by atoms with E-state index in [1.165, 1.54) is 12.4 Å². The molecule has 0 aromatic carbocycles. The van der Waals surface area contributed by atoms with E-state index in [1.54, 1.807) is 0 Å². The average Bonchev–Trinajstić information content (AvgIpc) is 2.50. The summed E-state index contributed by atoms with van der Waals surface area (Å²) in [7, 11) is 0. The van der Waals surface area contributed by atoms with E-state index in [2.05, 4.69) is 31.0 Å². The molecule has 0 N–H and O–H groups in total. The van der Waals surface area contributed by atoms with Crippen LogP contribution in [0.1, 0.15) is 0 Å². The van der Waals surface area contributed by atoms with Crippen molar-refractivity contribution in [2.75, 3.05) is 0 Å². The fourth-order valence-corrected chi connectivity index (χ4v) is 1.30. The van der Waals surface area contributed by atoms with Crippen LogP contribution in [-0.2, 0) is 0 Å². The summed E-state index contributed by atoms with van der Waals surface area (Å²) >= 11 is 3.17. The quantitative estimate of drug-likeness (QED) is 0.644. The van der Waals surface area contributed by atoms with Crippen molar-refractivity contribution in [2.45, 2.75) is 0 Å². The third-order valence-corrected chi connectivity index (χ3v) is 2.09. The molecule has 7 heteroatoms. The number of halogens is 1. The maximum absolute atomic E-state index is 11.4. The first-order chi connectivity index (χ1) is 6.24. The maximum atomic E-state index is 11.4. The van der Waals surface area contributed by atoms with Crippen LogP contribution in [0.2, 0.25) is 0 Å². The van der Waals surface area contributed by atoms with Crippen LogP contribution in [0.25, 0.3) is 10.6 Å². The van der Waals surface area contributed by atoms with E-state index in [-0.39, 0.29) is 5.69 Å². The first kappa shape index (κ1) is 7.94. The fourth-order valence-electron chi connectivity index (χ4n) is 0.942. The van der Waals surface area contributed by atoms with E-state index in [0.717, 1.165) is 4.52 Å². The van der Waals surface area contributed by atoms with E-state index >= 15 is 0 Å². The van der Waals surface area contributed by atoms with Gasteiger partial charge in [-0.05, 0) is 15.9 Å². The highest BCUT2D eigenvalue weighted by Gasteiger charge is 2.12. The predicted molar refractivity (Wildman–Crippen MR) is 44.9 cm³/mol. The van der Waals surface area contributed by atoms with Gasteiger partial charge in [-0.25, -0.2) is 9.50 Å². The molecule has 0 aliphatic carbocycles. The maximum Gasteiger partial charge on any atom is 0.413 e. The molecule has 0 fully saturated rings. The van der Waals surface area contributed by atoms with Crippen LogP contribution >= 0.6 is 15.9 Å². The molecule has 0 amide bonds. The summed E-state index contributed by atoms with van der Waals surface area (Å²) in [4.78, 5) is 6.65. The molecule has 0 aliphatic rings. The monoisotopic (exact) mass is 239 g/mol. The minimum Gasteiger partial charge on any atom is -0.853 e. The van der Waals surface area contributed by atoms with Gasteiger partial charge in [-0.2, -0.15) is 5.10 Å². The molecule has 13 heavy (non-hydrogen) atoms. The van der Waals surface area contributed by atoms with Crippen molar-refractivity contribution in [2.24, 2.45) is 0 Å². The summed E-state index contributed by atoms with van der Waals surface area (Å²) in [6.45, 7) is 0. The highest BCUT2D eigenvalue weighted by Crippen LogP contribution is 2.25. The van der Waals surface area contributed by atoms with Crippen molar-refractivity contribution >= 4 is 27.3 Å². The van der Waals surface area contributed by atoms with E-state index in [4.69, 9.17) is 5.39 Å². The molecule has 0 unspecified atom stereocenters. The molecule has 0 atom stereocenters. The van der Waals surface area contributed by atoms with Gasteiger partial charge in [-0.3, -0.25) is 0 Å². The molecule has 0 aliphatic heterocycles. The Balaban J connectivity index is 2.90. The molecular formula is C6H2BrN5O. The lowest BCUT2D eigenvalue weighted by molar-refractivity contribution is -0.276. The van der Waals surface area contributed by atoms with Gasteiger partial charge in [0, 0.05) is 0 Å². The molecule has 64 valence electrons. The summed E-state index contributed by atoms with van der Waals surface area (Å²) in [5.41, 5.74) is 0.264. The zero-order valence-electron chi connectivity index (χ0n) is 6.18. The Labute approximate surface area is 80.6 Å². The molecule has 0 bridgehead atoms. The third-order valence-electron chi connectivity index (χ3n) is 1.53. The van der Waals surface area contributed by atoms with Gasteiger partial charge < -0.3 is 5.11 Å². The van der Waals surface area contributed by atoms with Crippen LogP contribution in [0.4, 0.5) is 5.69 Å². The zero-order chi connectivity index (χ0) is 9.42. The lowest BCUT2D eigenvalue weighted by Crippen LogP contribution is -2.01. The van der Waals surface area contributed by atoms with Crippen molar-refractivity contribution in [1.29, 1.82) is 5.39 Å². The molecule has 0 saturated carbocycles. The minimum absolute atomic E-state index is 0.136. The van der Waals surface area contributed by atoms with Gasteiger partial charge in [0.05, 0.1) is 16.5 Å². The van der Waals surface area contributed by atoms with Crippen LogP contribution in [0, 0.1) is 5.39 Å². The van der Waals surface area contributed by atoms with Gasteiger partial charge in [0.2, 0.25) is 5.39 Å². The Morgan fingerprint density at radius 2 is 2.31 bits per heavy atom. The number of rotatable bonds is 0. The second-order valence-corrected chi connectivity index (χ2v) is 3.13. The van der Waals surface area contributed by atoms with E-state index in [9.17, 15) is 5.11 Å². The lowest BCUT2D eigenvalue weighted by atomic mass is 10.5. The molecular weight excluding hydrogens is 238 g/mol. The largest absolute Gasteiger partial charge is 0.853 e. The van der Waals surface area contributed by atoms with Crippen molar-refractivity contribution in [3.05, 3.63) is 21.8 Å². The van der Waals surface area contributed by atoms with Crippen molar-refractivity contribution in [3.8, 4) is 5.88 Å². The second-order valence-electron chi connectivity index (χ2n) is 2.28. The Kier molecular flexibility index (Phi) is 1.63. The van der Waals surface area contributed by atoms with Gasteiger partial charge in [0.15, 0.2) is 10.6 Å². The van der Waals surface area contributed by atoms with Crippen LogP contribution in [-0.4, -0.2) is 14.6 Å². The smallest absolute Gasteiger partial charge is 0.413 e. The topological polar surface area (TPSA) is 81.4 Å². The Bertz CT molecular complexity index is 513. The van der Waals surface area contributed by atoms with Gasteiger partial charge in [0.1, 0.15) is 6.20 Å². The van der Waals surface area contributed by atoms with Gasteiger partial charge in [0.25, 0.3) is 0 Å². The van der Waals surface area contributed by atoms with E-state index in [1.807, 2.05) is 0 Å². The molecule has 2 aromatic heterocycles. The number of aromatic nitrogens is 3. The number of diazo groups is 1. The standard InChI is InChI=1S/C6H2BrN5O/c7-3-1-10-12-5(3)9-2-4(11-8)6(12)13/h1-2H. The Hall–Kier alpha value is -1.68. The first-order valence-corrected chi connectivity index (χ1v) is 4.07. The lowest BCUT2D eigenvalue weighted by Gasteiger charge is -2.02. The summed E-state index contributed by atoms with van der Waals surface area (Å²) in [6.07, 6.45) is 2.63. The van der Waals surface area contributed by atoms with Gasteiger partial charge in [-0.1, -0.05) is 0 Å². The Morgan fingerprint density at radius 3 is 3.00 bits per heavy atom. The SMILES string of the molecule is N#[N+]c1cnc2c(Br)cnn2c1[O-]. The van der Waals surface area contributed by atoms with Crippen molar-refractivity contribution in [3.63, 3.8) is 0 Å². The summed E-state index contributed by atoms with van der Waals surface area (Å²) in [6, 6.07) is 0. The summed E-state index contributed by atoms with van der Waals surface area (Å²) in [5, 5.41) is 23.5. The van der Waals surface area contributed by atoms with E-state index < -0.39 is 5.88 Å². The molecule has 2 heterocycles. The highest BCUT2D eigenvalue weighted by atomic mass is 79.9. The third kappa shape index (κ3) is 1.03. The fraction of sp³-hybridized carbons (Fsp3) is 0. The summed E-state index contributed by atoms with van der Waals surface area (Å²) < 4.78 is 1.67. The molecule has 0 radical (unpaired) electrons. The zero-order valence-corrected chi connectivity index (χ0v) is 7.76. The second kappa shape index (κ2) is 2.67. The van der Waals surface area contributed by atoms with Crippen LogP contribution < -0.4 is 5.11 Å². The number of nitrogens with zero attached hydrogens (tertiary/aromatic N) is 5. The normalized spacial score (nSPS) is 10.2. The van der Waals surface area contributed by atoms with Gasteiger partial charge >= 0.3 is 5.69 Å².